The third-order valence-corrected chi connectivity index (χ3v) is 3.08. The zero-order chi connectivity index (χ0) is 13.9. The van der Waals surface area contributed by atoms with Gasteiger partial charge in [-0.1, -0.05) is 0 Å². The van der Waals surface area contributed by atoms with Crippen LogP contribution in [0.15, 0.2) is 12.4 Å². The van der Waals surface area contributed by atoms with E-state index >= 15 is 0 Å². The van der Waals surface area contributed by atoms with Crippen molar-refractivity contribution >= 4 is 11.6 Å². The standard InChI is InChI=1S/C12H22N6O/c1-12(2,19)9-17-3-5-18(6-4-17)11-8-14-7-10(15-11)16-13/h7-8,19H,3-6,9,13H2,1-2H3,(H,15,16). The van der Waals surface area contributed by atoms with Crippen LogP contribution in [-0.4, -0.2) is 58.3 Å². The summed E-state index contributed by atoms with van der Waals surface area (Å²) < 4.78 is 0. The van der Waals surface area contributed by atoms with E-state index in [1.165, 1.54) is 0 Å². The van der Waals surface area contributed by atoms with E-state index in [4.69, 9.17) is 5.84 Å². The molecule has 0 radical (unpaired) electrons. The van der Waals surface area contributed by atoms with Crippen molar-refractivity contribution in [2.45, 2.75) is 19.4 Å². The molecule has 1 aliphatic rings. The Hall–Kier alpha value is -1.44. The van der Waals surface area contributed by atoms with E-state index in [-0.39, 0.29) is 0 Å². The number of piperazine rings is 1. The predicted molar refractivity (Wildman–Crippen MR) is 74.8 cm³/mol. The summed E-state index contributed by atoms with van der Waals surface area (Å²) in [6, 6.07) is 0. The fourth-order valence-electron chi connectivity index (χ4n) is 2.26. The number of nitrogens with one attached hydrogen (secondary N) is 1. The Morgan fingerprint density at radius 1 is 1.32 bits per heavy atom. The molecule has 0 aromatic carbocycles. The Balaban J connectivity index is 1.92. The molecular formula is C12H22N6O. The highest BCUT2D eigenvalue weighted by Gasteiger charge is 2.23. The van der Waals surface area contributed by atoms with Crippen molar-refractivity contribution in [2.24, 2.45) is 5.84 Å². The van der Waals surface area contributed by atoms with Crippen LogP contribution in [0.1, 0.15) is 13.8 Å². The number of nitrogens with zero attached hydrogens (tertiary/aromatic N) is 4. The van der Waals surface area contributed by atoms with E-state index in [0.29, 0.717) is 12.4 Å². The fraction of sp³-hybridized carbons (Fsp3) is 0.667. The van der Waals surface area contributed by atoms with Crippen molar-refractivity contribution in [3.8, 4) is 0 Å². The zero-order valence-electron chi connectivity index (χ0n) is 11.5. The van der Waals surface area contributed by atoms with Crippen LogP contribution in [-0.2, 0) is 0 Å². The first-order valence-corrected chi connectivity index (χ1v) is 6.46. The van der Waals surface area contributed by atoms with Gasteiger partial charge in [0.25, 0.3) is 0 Å². The lowest BCUT2D eigenvalue weighted by molar-refractivity contribution is 0.0344. The van der Waals surface area contributed by atoms with E-state index in [0.717, 1.165) is 32.0 Å². The summed E-state index contributed by atoms with van der Waals surface area (Å²) in [4.78, 5) is 12.9. The number of hydrogen-bond donors (Lipinski definition) is 3. The maximum absolute atomic E-state index is 9.82. The quantitative estimate of drug-likeness (QED) is 0.507. The molecule has 0 spiro atoms. The summed E-state index contributed by atoms with van der Waals surface area (Å²) in [5, 5.41) is 9.82. The third kappa shape index (κ3) is 4.02. The predicted octanol–water partition coefficient (Wildman–Crippen LogP) is -0.345. The Kier molecular flexibility index (Phi) is 4.18. The summed E-state index contributed by atoms with van der Waals surface area (Å²) >= 11 is 0. The minimum absolute atomic E-state index is 0.566. The highest BCUT2D eigenvalue weighted by Crippen LogP contribution is 2.15. The number of hydrogen-bond acceptors (Lipinski definition) is 7. The van der Waals surface area contributed by atoms with Gasteiger partial charge in [-0.25, -0.2) is 10.8 Å². The molecule has 1 aromatic rings. The van der Waals surface area contributed by atoms with Crippen LogP contribution in [0.3, 0.4) is 0 Å². The molecule has 1 aromatic heterocycles. The van der Waals surface area contributed by atoms with Gasteiger partial charge in [0.15, 0.2) is 5.82 Å². The second-order valence-electron chi connectivity index (χ2n) is 5.48. The molecule has 2 heterocycles. The molecule has 0 bridgehead atoms. The summed E-state index contributed by atoms with van der Waals surface area (Å²) in [5.41, 5.74) is 1.86. The molecule has 0 amide bonds. The van der Waals surface area contributed by atoms with Crippen LogP contribution in [0.5, 0.6) is 0 Å². The Morgan fingerprint density at radius 2 is 2.00 bits per heavy atom. The SMILES string of the molecule is CC(C)(O)CN1CCN(c2cncc(NN)n2)CC1. The van der Waals surface area contributed by atoms with Crippen molar-refractivity contribution in [2.75, 3.05) is 43.0 Å². The van der Waals surface area contributed by atoms with Gasteiger partial charge in [0.1, 0.15) is 5.82 Å². The topological polar surface area (TPSA) is 90.5 Å². The van der Waals surface area contributed by atoms with Gasteiger partial charge in [0.2, 0.25) is 0 Å². The molecule has 0 aliphatic carbocycles. The maximum Gasteiger partial charge on any atom is 0.160 e. The van der Waals surface area contributed by atoms with Crippen molar-refractivity contribution in [1.82, 2.24) is 14.9 Å². The lowest BCUT2D eigenvalue weighted by atomic mass is 10.1. The first kappa shape index (κ1) is 14.0. The molecule has 0 saturated carbocycles. The number of hydrazine groups is 1. The van der Waals surface area contributed by atoms with Gasteiger partial charge in [0.05, 0.1) is 18.0 Å². The molecule has 0 unspecified atom stereocenters. The van der Waals surface area contributed by atoms with Gasteiger partial charge in [-0.05, 0) is 13.8 Å². The monoisotopic (exact) mass is 266 g/mol. The normalized spacial score (nSPS) is 17.6. The lowest BCUT2D eigenvalue weighted by Crippen LogP contribution is -2.50. The van der Waals surface area contributed by atoms with Crippen LogP contribution >= 0.6 is 0 Å². The maximum atomic E-state index is 9.82. The van der Waals surface area contributed by atoms with Gasteiger partial charge in [-0.15, -0.1) is 0 Å². The number of aliphatic hydroxyl groups is 1. The van der Waals surface area contributed by atoms with E-state index in [9.17, 15) is 5.11 Å². The molecule has 1 aliphatic heterocycles. The third-order valence-electron chi connectivity index (χ3n) is 3.08. The molecule has 19 heavy (non-hydrogen) atoms. The minimum atomic E-state index is -0.647. The van der Waals surface area contributed by atoms with Crippen molar-refractivity contribution in [3.63, 3.8) is 0 Å². The van der Waals surface area contributed by atoms with Gasteiger partial charge < -0.3 is 15.4 Å². The molecule has 7 nitrogen and oxygen atoms in total. The average Bonchev–Trinajstić information content (AvgIpc) is 2.38. The van der Waals surface area contributed by atoms with Crippen LogP contribution < -0.4 is 16.2 Å². The number of nitrogens with two attached hydrogens (primary N) is 1. The molecule has 1 saturated heterocycles. The lowest BCUT2D eigenvalue weighted by Gasteiger charge is -2.37. The molecule has 106 valence electrons. The first-order chi connectivity index (χ1) is 8.98. The highest BCUT2D eigenvalue weighted by atomic mass is 16.3. The number of anilines is 2. The fourth-order valence-corrected chi connectivity index (χ4v) is 2.26. The second kappa shape index (κ2) is 5.68. The van der Waals surface area contributed by atoms with Gasteiger partial charge >= 0.3 is 0 Å². The molecular weight excluding hydrogens is 244 g/mol. The van der Waals surface area contributed by atoms with E-state index < -0.39 is 5.60 Å². The minimum Gasteiger partial charge on any atom is -0.389 e. The van der Waals surface area contributed by atoms with E-state index in [1.54, 1.807) is 12.4 Å². The Labute approximate surface area is 113 Å². The van der Waals surface area contributed by atoms with Crippen molar-refractivity contribution < 1.29 is 5.11 Å². The number of β-amino-alcohol motifs (C(OH)–C–C–N with tert-alkyl or cyclic N) is 1. The Morgan fingerprint density at radius 3 is 2.58 bits per heavy atom. The Bertz CT molecular complexity index is 411. The summed E-state index contributed by atoms with van der Waals surface area (Å²) in [5.74, 6) is 6.73. The van der Waals surface area contributed by atoms with E-state index in [2.05, 4.69) is 25.2 Å². The van der Waals surface area contributed by atoms with Gasteiger partial charge in [0, 0.05) is 32.7 Å². The molecule has 7 heteroatoms. The van der Waals surface area contributed by atoms with Crippen LogP contribution in [0.25, 0.3) is 0 Å². The number of nitrogen functional groups attached to an aromatic ring is 1. The molecule has 0 atom stereocenters. The first-order valence-electron chi connectivity index (χ1n) is 6.46. The van der Waals surface area contributed by atoms with Crippen LogP contribution in [0.2, 0.25) is 0 Å². The molecule has 2 rings (SSSR count). The van der Waals surface area contributed by atoms with Crippen LogP contribution in [0.4, 0.5) is 11.6 Å². The van der Waals surface area contributed by atoms with Crippen LogP contribution in [0, 0.1) is 0 Å². The molecule has 4 N–H and O–H groups in total. The largest absolute Gasteiger partial charge is 0.389 e. The smallest absolute Gasteiger partial charge is 0.160 e. The number of aromatic nitrogens is 2. The van der Waals surface area contributed by atoms with Crippen molar-refractivity contribution in [1.29, 1.82) is 0 Å². The summed E-state index contributed by atoms with van der Waals surface area (Å²) in [7, 11) is 0. The summed E-state index contributed by atoms with van der Waals surface area (Å²) in [6.45, 7) is 7.93. The summed E-state index contributed by atoms with van der Waals surface area (Å²) in [6.07, 6.45) is 3.33. The molecule has 1 fully saturated rings. The van der Waals surface area contributed by atoms with Gasteiger partial charge in [-0.3, -0.25) is 9.88 Å². The zero-order valence-corrected chi connectivity index (χ0v) is 11.5. The van der Waals surface area contributed by atoms with E-state index in [1.807, 2.05) is 13.8 Å². The van der Waals surface area contributed by atoms with Crippen molar-refractivity contribution in [3.05, 3.63) is 12.4 Å². The average molecular weight is 266 g/mol. The second-order valence-corrected chi connectivity index (χ2v) is 5.48. The van der Waals surface area contributed by atoms with Gasteiger partial charge in [-0.2, -0.15) is 0 Å². The highest BCUT2D eigenvalue weighted by molar-refractivity contribution is 5.43. The number of rotatable bonds is 4.